The monoisotopic (exact) mass is 589 g/mol. The number of nitrogens with one attached hydrogen (secondary N) is 2. The molecule has 0 atom stereocenters. The maximum Gasteiger partial charge on any atom is 0.165 e. The molecule has 0 fully saturated rings. The molecule has 0 aliphatic rings. The molecule has 9 heteroatoms. The van der Waals surface area contributed by atoms with Crippen molar-refractivity contribution < 1.29 is 10.2 Å². The molecule has 5 aromatic rings. The predicted octanol–water partition coefficient (Wildman–Crippen LogP) is 5.98. The summed E-state index contributed by atoms with van der Waals surface area (Å²) in [5.74, 6) is 0.640. The van der Waals surface area contributed by atoms with Gasteiger partial charge in [-0.05, 0) is 42.7 Å². The van der Waals surface area contributed by atoms with Crippen LogP contribution in [0.25, 0.3) is 39.0 Å². The highest BCUT2D eigenvalue weighted by atomic mass is 35.5. The van der Waals surface area contributed by atoms with Crippen molar-refractivity contribution in [2.75, 3.05) is 19.8 Å². The highest BCUT2D eigenvalue weighted by molar-refractivity contribution is 6.39. The highest BCUT2D eigenvalue weighted by Gasteiger charge is 2.18. The molecular weight excluding hydrogens is 557 g/mol. The van der Waals surface area contributed by atoms with E-state index in [1.807, 2.05) is 68.6 Å². The van der Waals surface area contributed by atoms with Crippen molar-refractivity contribution in [2.45, 2.75) is 32.5 Å². The molecule has 2 aromatic heterocycles. The fourth-order valence-electron chi connectivity index (χ4n) is 4.58. The second-order valence-corrected chi connectivity index (χ2v) is 11.3. The highest BCUT2D eigenvalue weighted by Crippen LogP contribution is 2.42. The summed E-state index contributed by atoms with van der Waals surface area (Å²) >= 11 is 14.0. The number of nitrogens with zero attached hydrogens (tertiary/aromatic N) is 3. The van der Waals surface area contributed by atoms with Gasteiger partial charge in [-0.25, -0.2) is 9.50 Å². The molecule has 41 heavy (non-hydrogen) atoms. The van der Waals surface area contributed by atoms with Crippen molar-refractivity contribution in [3.05, 3.63) is 100 Å². The van der Waals surface area contributed by atoms with Crippen molar-refractivity contribution >= 4 is 28.8 Å². The van der Waals surface area contributed by atoms with E-state index >= 15 is 0 Å². The van der Waals surface area contributed by atoms with E-state index in [2.05, 4.69) is 45.0 Å². The zero-order chi connectivity index (χ0) is 29.0. The lowest BCUT2D eigenvalue weighted by atomic mass is 9.95. The molecule has 5 rings (SSSR count). The molecule has 3 aromatic carbocycles. The molecule has 0 spiro atoms. The maximum atomic E-state index is 9.50. The smallest absolute Gasteiger partial charge is 0.165 e. The molecule has 0 bridgehead atoms. The van der Waals surface area contributed by atoms with E-state index in [-0.39, 0.29) is 13.2 Å². The number of rotatable bonds is 11. The largest absolute Gasteiger partial charge is 0.395 e. The minimum atomic E-state index is -0.420. The Bertz CT molecular complexity index is 1650. The van der Waals surface area contributed by atoms with Gasteiger partial charge in [0, 0.05) is 47.1 Å². The van der Waals surface area contributed by atoms with E-state index in [4.69, 9.17) is 28.3 Å². The Labute approximate surface area is 249 Å². The van der Waals surface area contributed by atoms with E-state index in [0.717, 1.165) is 38.9 Å². The zero-order valence-electron chi connectivity index (χ0n) is 23.0. The van der Waals surface area contributed by atoms with Crippen LogP contribution in [0, 0.1) is 0 Å². The molecule has 0 aliphatic carbocycles. The van der Waals surface area contributed by atoms with Crippen LogP contribution in [0.15, 0.2) is 79.0 Å². The van der Waals surface area contributed by atoms with E-state index in [9.17, 15) is 5.11 Å². The van der Waals surface area contributed by atoms with Crippen molar-refractivity contribution in [3.8, 4) is 33.4 Å². The van der Waals surface area contributed by atoms with Gasteiger partial charge in [-0.3, -0.25) is 0 Å². The normalized spacial score (nSPS) is 11.9. The van der Waals surface area contributed by atoms with Gasteiger partial charge in [-0.1, -0.05) is 83.9 Å². The number of aliphatic hydroxyl groups excluding tert-OH is 2. The lowest BCUT2D eigenvalue weighted by molar-refractivity contribution is 0.186. The van der Waals surface area contributed by atoms with Crippen LogP contribution in [0.3, 0.4) is 0 Å². The second-order valence-electron chi connectivity index (χ2n) is 10.6. The number of aromatic nitrogens is 3. The first-order valence-corrected chi connectivity index (χ1v) is 14.2. The van der Waals surface area contributed by atoms with E-state index < -0.39 is 5.54 Å². The van der Waals surface area contributed by atoms with Gasteiger partial charge >= 0.3 is 0 Å². The van der Waals surface area contributed by atoms with Gasteiger partial charge in [-0.15, -0.1) is 5.10 Å². The first-order chi connectivity index (χ1) is 19.8. The molecule has 0 saturated heterocycles. The lowest BCUT2D eigenvalue weighted by Crippen LogP contribution is -2.42. The Hall–Kier alpha value is -3.30. The van der Waals surface area contributed by atoms with E-state index in [1.54, 1.807) is 4.52 Å². The number of hydrogen-bond donors (Lipinski definition) is 4. The van der Waals surface area contributed by atoms with Crippen LogP contribution in [-0.4, -0.2) is 50.1 Å². The summed E-state index contributed by atoms with van der Waals surface area (Å²) in [5, 5.41) is 30.7. The molecular formula is C32H33Cl2N5O2. The number of benzene rings is 3. The Morgan fingerprint density at radius 1 is 0.805 bits per heavy atom. The number of hydrogen-bond acceptors (Lipinski definition) is 6. The van der Waals surface area contributed by atoms with Crippen LogP contribution >= 0.6 is 23.2 Å². The standard InChI is InChI=1S/C32H33Cl2N5O2/c1-32(2,20-41)36-19-28-37-29-17-23(13-15-39(29)38-28)25-6-4-8-27(31(25)34)26-7-3-5-24(30(26)33)22-11-9-21(10-12-22)18-35-14-16-40/h3-13,15,17,35-36,40-41H,14,16,18-20H2,1-2H3. The van der Waals surface area contributed by atoms with Crippen LogP contribution in [0.4, 0.5) is 0 Å². The lowest BCUT2D eigenvalue weighted by Gasteiger charge is -2.22. The summed E-state index contributed by atoms with van der Waals surface area (Å²) in [7, 11) is 0. The molecule has 212 valence electrons. The Kier molecular flexibility index (Phi) is 9.04. The van der Waals surface area contributed by atoms with Crippen LogP contribution in [-0.2, 0) is 13.1 Å². The molecule has 4 N–H and O–H groups in total. The van der Waals surface area contributed by atoms with Gasteiger partial charge in [0.1, 0.15) is 0 Å². The minimum absolute atomic E-state index is 0.0163. The summed E-state index contributed by atoms with van der Waals surface area (Å²) in [4.78, 5) is 4.66. The molecule has 2 heterocycles. The summed E-state index contributed by atoms with van der Waals surface area (Å²) in [6.45, 7) is 5.67. The first-order valence-electron chi connectivity index (χ1n) is 13.5. The summed E-state index contributed by atoms with van der Waals surface area (Å²) in [5.41, 5.74) is 6.85. The quantitative estimate of drug-likeness (QED) is 0.142. The molecule has 0 radical (unpaired) electrons. The number of halogens is 2. The van der Waals surface area contributed by atoms with E-state index in [1.165, 1.54) is 0 Å². The van der Waals surface area contributed by atoms with Gasteiger partial charge in [0.15, 0.2) is 11.5 Å². The second kappa shape index (κ2) is 12.7. The SMILES string of the molecule is CC(C)(CO)NCc1nc2cc(-c3cccc(-c4cccc(-c5ccc(CNCCO)cc5)c4Cl)c3Cl)ccn2n1. The fraction of sp³-hybridized carbons (Fsp3) is 0.250. The third-order valence-electron chi connectivity index (χ3n) is 6.98. The van der Waals surface area contributed by atoms with Crippen LogP contribution < -0.4 is 10.6 Å². The predicted molar refractivity (Wildman–Crippen MR) is 166 cm³/mol. The Morgan fingerprint density at radius 3 is 2.07 bits per heavy atom. The average molecular weight is 591 g/mol. The van der Waals surface area contributed by atoms with Crippen molar-refractivity contribution in [2.24, 2.45) is 0 Å². The molecule has 0 unspecified atom stereocenters. The summed E-state index contributed by atoms with van der Waals surface area (Å²) < 4.78 is 1.73. The van der Waals surface area contributed by atoms with Crippen molar-refractivity contribution in [1.82, 2.24) is 25.2 Å². The third kappa shape index (κ3) is 6.62. The number of pyridine rings is 1. The van der Waals surface area contributed by atoms with Crippen LogP contribution in [0.2, 0.25) is 10.0 Å². The van der Waals surface area contributed by atoms with Crippen molar-refractivity contribution in [3.63, 3.8) is 0 Å². The van der Waals surface area contributed by atoms with Crippen LogP contribution in [0.5, 0.6) is 0 Å². The summed E-state index contributed by atoms with van der Waals surface area (Å²) in [6, 6.07) is 24.1. The van der Waals surface area contributed by atoms with Gasteiger partial charge < -0.3 is 20.8 Å². The van der Waals surface area contributed by atoms with Crippen molar-refractivity contribution in [1.29, 1.82) is 0 Å². The number of fused-ring (bicyclic) bond motifs is 1. The van der Waals surface area contributed by atoms with Gasteiger partial charge in [0.2, 0.25) is 0 Å². The molecule has 0 saturated carbocycles. The third-order valence-corrected chi connectivity index (χ3v) is 7.80. The maximum absolute atomic E-state index is 9.50. The molecule has 0 amide bonds. The summed E-state index contributed by atoms with van der Waals surface area (Å²) in [6.07, 6.45) is 1.87. The zero-order valence-corrected chi connectivity index (χ0v) is 24.5. The Morgan fingerprint density at radius 2 is 1.44 bits per heavy atom. The first kappa shape index (κ1) is 29.2. The Balaban J connectivity index is 1.43. The fourth-order valence-corrected chi connectivity index (χ4v) is 5.26. The van der Waals surface area contributed by atoms with Gasteiger partial charge in [-0.2, -0.15) is 0 Å². The number of aliphatic hydroxyl groups is 2. The molecule has 0 aliphatic heterocycles. The average Bonchev–Trinajstić information content (AvgIpc) is 3.40. The van der Waals surface area contributed by atoms with Gasteiger partial charge in [0.25, 0.3) is 0 Å². The minimum Gasteiger partial charge on any atom is -0.395 e. The molecule has 7 nitrogen and oxygen atoms in total. The van der Waals surface area contributed by atoms with E-state index in [0.29, 0.717) is 41.2 Å². The van der Waals surface area contributed by atoms with Gasteiger partial charge in [0.05, 0.1) is 29.8 Å². The topological polar surface area (TPSA) is 94.7 Å². The van der Waals surface area contributed by atoms with Crippen LogP contribution in [0.1, 0.15) is 25.2 Å².